The fourth-order valence-electron chi connectivity index (χ4n) is 4.16. The summed E-state index contributed by atoms with van der Waals surface area (Å²) in [6.45, 7) is 1.96. The maximum Gasteiger partial charge on any atom is 0.255 e. The van der Waals surface area contributed by atoms with Gasteiger partial charge in [-0.05, 0) is 43.3 Å². The number of hydrogen-bond donors (Lipinski definition) is 2. The lowest BCUT2D eigenvalue weighted by molar-refractivity contribution is -0.113. The number of ketones is 2. The van der Waals surface area contributed by atoms with E-state index in [-0.39, 0.29) is 40.3 Å². The third-order valence-electron chi connectivity index (χ3n) is 6.00. The smallest absolute Gasteiger partial charge is 0.255 e. The number of rotatable bonds is 6. The van der Waals surface area contributed by atoms with Crippen molar-refractivity contribution in [3.8, 4) is 0 Å². The number of nitrogens with one attached hydrogen (secondary N) is 2. The van der Waals surface area contributed by atoms with Crippen LogP contribution < -0.4 is 10.6 Å². The summed E-state index contributed by atoms with van der Waals surface area (Å²) in [6.07, 6.45) is 0. The Morgan fingerprint density at radius 3 is 2.16 bits per heavy atom. The van der Waals surface area contributed by atoms with Crippen molar-refractivity contribution in [1.29, 1.82) is 0 Å². The minimum atomic E-state index is -0.313. The molecule has 1 aliphatic carbocycles. The predicted octanol–water partition coefficient (Wildman–Crippen LogP) is 5.75. The fraction of sp³-hybridized carbons (Fsp3) is 0.0667. The van der Waals surface area contributed by atoms with Crippen molar-refractivity contribution in [2.24, 2.45) is 0 Å². The zero-order valence-electron chi connectivity index (χ0n) is 19.9. The minimum Gasteiger partial charge on any atom is -0.325 e. The average Bonchev–Trinajstić information content (AvgIpc) is 2.91. The minimum absolute atomic E-state index is 0.0811. The molecule has 0 saturated carbocycles. The summed E-state index contributed by atoms with van der Waals surface area (Å²) < 4.78 is 0. The van der Waals surface area contributed by atoms with Gasteiger partial charge in [-0.15, -0.1) is 11.8 Å². The molecule has 0 aliphatic heterocycles. The monoisotopic (exact) mass is 506 g/mol. The zero-order chi connectivity index (χ0) is 25.9. The van der Waals surface area contributed by atoms with Gasteiger partial charge in [0.2, 0.25) is 5.91 Å². The van der Waals surface area contributed by atoms with E-state index in [4.69, 9.17) is 0 Å². The summed E-state index contributed by atoms with van der Waals surface area (Å²) in [5.41, 5.74) is 3.77. The van der Waals surface area contributed by atoms with Gasteiger partial charge in [0.25, 0.3) is 5.91 Å². The Balaban J connectivity index is 1.25. The van der Waals surface area contributed by atoms with Crippen molar-refractivity contribution < 1.29 is 19.2 Å². The van der Waals surface area contributed by atoms with Crippen LogP contribution in [-0.2, 0) is 4.79 Å². The number of carbonyl (C=O) groups excluding carboxylic acids is 4. The SMILES string of the molecule is Cc1ccc(C(=O)Nc2cccc(SCC(=O)Nc3cccc4c3C(=O)c3ccccc3C4=O)c2)cc1. The number of benzene rings is 4. The summed E-state index contributed by atoms with van der Waals surface area (Å²) in [7, 11) is 0. The maximum atomic E-state index is 13.1. The molecule has 0 atom stereocenters. The number of fused-ring (bicyclic) bond motifs is 2. The summed E-state index contributed by atoms with van der Waals surface area (Å²) >= 11 is 1.30. The molecule has 7 heteroatoms. The van der Waals surface area contributed by atoms with Crippen LogP contribution >= 0.6 is 11.8 Å². The second kappa shape index (κ2) is 10.2. The molecule has 5 rings (SSSR count). The van der Waals surface area contributed by atoms with Crippen LogP contribution in [-0.4, -0.2) is 29.1 Å². The van der Waals surface area contributed by atoms with Gasteiger partial charge < -0.3 is 10.6 Å². The molecule has 2 N–H and O–H groups in total. The molecule has 0 unspecified atom stereocenters. The van der Waals surface area contributed by atoms with Crippen molar-refractivity contribution >= 4 is 46.5 Å². The van der Waals surface area contributed by atoms with Crippen molar-refractivity contribution in [2.45, 2.75) is 11.8 Å². The van der Waals surface area contributed by atoms with Crippen molar-refractivity contribution in [1.82, 2.24) is 0 Å². The summed E-state index contributed by atoms with van der Waals surface area (Å²) in [5.74, 6) is -0.968. The van der Waals surface area contributed by atoms with E-state index in [0.717, 1.165) is 10.5 Å². The van der Waals surface area contributed by atoms with E-state index in [9.17, 15) is 19.2 Å². The third kappa shape index (κ3) is 5.08. The zero-order valence-corrected chi connectivity index (χ0v) is 20.7. The molecule has 0 radical (unpaired) electrons. The van der Waals surface area contributed by atoms with E-state index in [1.807, 2.05) is 25.1 Å². The van der Waals surface area contributed by atoms with Crippen LogP contribution in [0.3, 0.4) is 0 Å². The van der Waals surface area contributed by atoms with E-state index in [1.54, 1.807) is 72.8 Å². The molecule has 4 aromatic rings. The van der Waals surface area contributed by atoms with Gasteiger partial charge in [-0.25, -0.2) is 0 Å². The van der Waals surface area contributed by atoms with Gasteiger partial charge in [-0.1, -0.05) is 60.2 Å². The van der Waals surface area contributed by atoms with Crippen LogP contribution in [0.2, 0.25) is 0 Å². The van der Waals surface area contributed by atoms with Crippen LogP contribution in [0.25, 0.3) is 0 Å². The molecule has 0 aromatic heterocycles. The van der Waals surface area contributed by atoms with Gasteiger partial charge in [-0.2, -0.15) is 0 Å². The lowest BCUT2D eigenvalue weighted by Crippen LogP contribution is -2.24. The Morgan fingerprint density at radius 1 is 0.730 bits per heavy atom. The molecule has 182 valence electrons. The second-order valence-electron chi connectivity index (χ2n) is 8.62. The van der Waals surface area contributed by atoms with Crippen molar-refractivity contribution in [3.63, 3.8) is 0 Å². The third-order valence-corrected chi connectivity index (χ3v) is 7.00. The predicted molar refractivity (Wildman–Crippen MR) is 145 cm³/mol. The molecule has 0 fully saturated rings. The Labute approximate surface area is 218 Å². The molecule has 4 aromatic carbocycles. The van der Waals surface area contributed by atoms with Crippen LogP contribution in [0.1, 0.15) is 47.8 Å². The van der Waals surface area contributed by atoms with Crippen molar-refractivity contribution in [3.05, 3.63) is 124 Å². The average molecular weight is 507 g/mol. The fourth-order valence-corrected chi connectivity index (χ4v) is 4.91. The van der Waals surface area contributed by atoms with Crippen LogP contribution in [0.4, 0.5) is 11.4 Å². The normalized spacial score (nSPS) is 11.9. The largest absolute Gasteiger partial charge is 0.325 e. The highest BCUT2D eigenvalue weighted by atomic mass is 32.2. The topological polar surface area (TPSA) is 92.3 Å². The Hall–Kier alpha value is -4.49. The maximum absolute atomic E-state index is 13.1. The molecular weight excluding hydrogens is 484 g/mol. The molecule has 0 heterocycles. The number of carbonyl (C=O) groups is 4. The molecule has 0 saturated heterocycles. The lowest BCUT2D eigenvalue weighted by Gasteiger charge is -2.20. The first-order chi connectivity index (χ1) is 17.9. The lowest BCUT2D eigenvalue weighted by atomic mass is 9.83. The first-order valence-electron chi connectivity index (χ1n) is 11.6. The number of hydrogen-bond acceptors (Lipinski definition) is 5. The Kier molecular flexibility index (Phi) is 6.70. The highest BCUT2D eigenvalue weighted by molar-refractivity contribution is 8.00. The van der Waals surface area contributed by atoms with Crippen LogP contribution in [0.15, 0.2) is 95.9 Å². The number of thioether (sulfide) groups is 1. The van der Waals surface area contributed by atoms with E-state index >= 15 is 0 Å². The molecule has 6 nitrogen and oxygen atoms in total. The number of amides is 2. The second-order valence-corrected chi connectivity index (χ2v) is 9.67. The molecule has 37 heavy (non-hydrogen) atoms. The summed E-state index contributed by atoms with van der Waals surface area (Å²) in [4.78, 5) is 52.2. The van der Waals surface area contributed by atoms with Gasteiger partial charge in [0.05, 0.1) is 17.0 Å². The van der Waals surface area contributed by atoms with E-state index in [0.29, 0.717) is 28.1 Å². The van der Waals surface area contributed by atoms with Gasteiger partial charge in [0.1, 0.15) is 0 Å². The number of anilines is 2. The van der Waals surface area contributed by atoms with E-state index in [2.05, 4.69) is 10.6 Å². The Morgan fingerprint density at radius 2 is 1.41 bits per heavy atom. The van der Waals surface area contributed by atoms with E-state index < -0.39 is 0 Å². The first-order valence-corrected chi connectivity index (χ1v) is 12.6. The Bertz CT molecular complexity index is 1560. The molecule has 1 aliphatic rings. The summed E-state index contributed by atoms with van der Waals surface area (Å²) in [6, 6.07) is 26.1. The van der Waals surface area contributed by atoms with Gasteiger partial charge >= 0.3 is 0 Å². The highest BCUT2D eigenvalue weighted by Gasteiger charge is 2.31. The molecule has 0 bridgehead atoms. The van der Waals surface area contributed by atoms with Gasteiger partial charge in [-0.3, -0.25) is 19.2 Å². The molecule has 2 amide bonds. The van der Waals surface area contributed by atoms with E-state index in [1.165, 1.54) is 11.8 Å². The van der Waals surface area contributed by atoms with Gasteiger partial charge in [0.15, 0.2) is 11.6 Å². The molecular formula is C30H22N2O4S. The van der Waals surface area contributed by atoms with Crippen LogP contribution in [0, 0.1) is 6.92 Å². The quantitative estimate of drug-likeness (QED) is 0.286. The standard InChI is InChI=1S/C30H22N2O4S/c1-18-12-14-19(15-13-18)30(36)31-20-6-4-7-21(16-20)37-17-26(33)32-25-11-5-10-24-27(25)29(35)23-9-3-2-8-22(23)28(24)34/h2-16H,17H2,1H3,(H,31,36)(H,32,33). The highest BCUT2D eigenvalue weighted by Crippen LogP contribution is 2.32. The van der Waals surface area contributed by atoms with Gasteiger partial charge in [0, 0.05) is 32.8 Å². The summed E-state index contributed by atoms with van der Waals surface area (Å²) in [5, 5.41) is 5.67. The van der Waals surface area contributed by atoms with Crippen molar-refractivity contribution in [2.75, 3.05) is 16.4 Å². The number of aryl methyl sites for hydroxylation is 1. The van der Waals surface area contributed by atoms with Crippen LogP contribution in [0.5, 0.6) is 0 Å². The molecule has 0 spiro atoms. The first kappa shape index (κ1) is 24.2.